The molecule has 7 nitrogen and oxygen atoms in total. The first-order chi connectivity index (χ1) is 16.2. The second kappa shape index (κ2) is 9.19. The lowest BCUT2D eigenvalue weighted by Crippen LogP contribution is -2.43. The molecule has 5 rings (SSSR count). The predicted molar refractivity (Wildman–Crippen MR) is 129 cm³/mol. The number of ether oxygens (including phenoxy) is 4. The van der Waals surface area contributed by atoms with Gasteiger partial charge >= 0.3 is 0 Å². The van der Waals surface area contributed by atoms with Crippen molar-refractivity contribution in [2.45, 2.75) is 6.42 Å². The van der Waals surface area contributed by atoms with Crippen LogP contribution in [0.25, 0.3) is 22.3 Å². The summed E-state index contributed by atoms with van der Waals surface area (Å²) in [6.45, 7) is 4.61. The average molecular weight is 448 g/mol. The van der Waals surface area contributed by atoms with Gasteiger partial charge in [-0.3, -0.25) is 4.98 Å². The molecule has 1 aromatic heterocycles. The Kier molecular flexibility index (Phi) is 5.96. The first-order valence-electron chi connectivity index (χ1n) is 11.2. The highest BCUT2D eigenvalue weighted by molar-refractivity contribution is 5.83. The van der Waals surface area contributed by atoms with Gasteiger partial charge in [0.2, 0.25) is 5.75 Å². The molecule has 0 aliphatic carbocycles. The summed E-state index contributed by atoms with van der Waals surface area (Å²) in [5, 5.41) is 3.41. The molecule has 0 unspecified atom stereocenters. The minimum Gasteiger partial charge on any atom is -0.493 e. The maximum atomic E-state index is 6.24. The molecule has 1 fully saturated rings. The fourth-order valence-electron chi connectivity index (χ4n) is 4.71. The zero-order valence-electron chi connectivity index (χ0n) is 19.3. The van der Waals surface area contributed by atoms with Crippen LogP contribution >= 0.6 is 0 Å². The van der Waals surface area contributed by atoms with Crippen molar-refractivity contribution in [1.82, 2.24) is 10.3 Å². The third-order valence-corrected chi connectivity index (χ3v) is 6.38. The van der Waals surface area contributed by atoms with Crippen LogP contribution in [0.2, 0.25) is 0 Å². The number of benzene rings is 2. The number of nitrogens with zero attached hydrogens (tertiary/aromatic N) is 2. The smallest absolute Gasteiger partial charge is 0.203 e. The molecule has 3 heterocycles. The van der Waals surface area contributed by atoms with Crippen molar-refractivity contribution in [2.75, 3.05) is 59.0 Å². The van der Waals surface area contributed by atoms with Crippen LogP contribution in [0.1, 0.15) is 5.56 Å². The van der Waals surface area contributed by atoms with E-state index in [0.717, 1.165) is 60.6 Å². The monoisotopic (exact) mass is 447 g/mol. The Labute approximate surface area is 194 Å². The summed E-state index contributed by atoms with van der Waals surface area (Å²) in [6, 6.07) is 10.5. The maximum absolute atomic E-state index is 6.24. The van der Waals surface area contributed by atoms with Crippen LogP contribution in [0.15, 0.2) is 42.7 Å². The van der Waals surface area contributed by atoms with Gasteiger partial charge in [0.05, 0.1) is 27.9 Å². The van der Waals surface area contributed by atoms with Gasteiger partial charge in [0.25, 0.3) is 0 Å². The van der Waals surface area contributed by atoms with Crippen molar-refractivity contribution in [2.24, 2.45) is 0 Å². The number of pyridine rings is 1. The van der Waals surface area contributed by atoms with Gasteiger partial charge in [0, 0.05) is 73.4 Å². The number of piperazine rings is 1. The highest BCUT2D eigenvalue weighted by Crippen LogP contribution is 2.45. The fourth-order valence-corrected chi connectivity index (χ4v) is 4.71. The number of anilines is 1. The number of methoxy groups -OCH3 is 3. The molecule has 3 aromatic rings. The van der Waals surface area contributed by atoms with Crippen molar-refractivity contribution < 1.29 is 18.9 Å². The van der Waals surface area contributed by atoms with E-state index in [1.807, 2.05) is 24.5 Å². The quantitative estimate of drug-likeness (QED) is 0.638. The first-order valence-corrected chi connectivity index (χ1v) is 11.2. The van der Waals surface area contributed by atoms with E-state index >= 15 is 0 Å². The Balaban J connectivity index is 1.59. The minimum absolute atomic E-state index is 0.577. The molecule has 7 heteroatoms. The first kappa shape index (κ1) is 21.4. The SMILES string of the molecule is COc1cc(-c2cncc3c2CCOc2cc(N4CCNCC4)ccc2-3)cc(OC)c1OC. The Hall–Kier alpha value is -3.45. The molecule has 0 saturated carbocycles. The lowest BCUT2D eigenvalue weighted by Gasteiger charge is -2.30. The molecule has 33 heavy (non-hydrogen) atoms. The largest absolute Gasteiger partial charge is 0.493 e. The van der Waals surface area contributed by atoms with Crippen LogP contribution in [0, 0.1) is 0 Å². The Morgan fingerprint density at radius 2 is 1.61 bits per heavy atom. The normalized spacial score (nSPS) is 15.1. The summed E-state index contributed by atoms with van der Waals surface area (Å²) in [4.78, 5) is 6.99. The molecule has 0 amide bonds. The van der Waals surface area contributed by atoms with Crippen molar-refractivity contribution in [3.05, 3.63) is 48.3 Å². The van der Waals surface area contributed by atoms with Crippen LogP contribution < -0.4 is 29.2 Å². The van der Waals surface area contributed by atoms with Crippen LogP contribution in [0.5, 0.6) is 23.0 Å². The van der Waals surface area contributed by atoms with Gasteiger partial charge in [0.15, 0.2) is 11.5 Å². The third kappa shape index (κ3) is 3.93. The molecular formula is C26H29N3O4. The molecule has 2 aliphatic rings. The molecular weight excluding hydrogens is 418 g/mol. The molecule has 1 saturated heterocycles. The maximum Gasteiger partial charge on any atom is 0.203 e. The van der Waals surface area contributed by atoms with E-state index in [9.17, 15) is 0 Å². The molecule has 0 spiro atoms. The van der Waals surface area contributed by atoms with Gasteiger partial charge in [0.1, 0.15) is 5.75 Å². The van der Waals surface area contributed by atoms with E-state index in [4.69, 9.17) is 18.9 Å². The van der Waals surface area contributed by atoms with Crippen LogP contribution in [-0.2, 0) is 6.42 Å². The highest BCUT2D eigenvalue weighted by atomic mass is 16.5. The van der Waals surface area contributed by atoms with Crippen molar-refractivity contribution in [3.8, 4) is 45.3 Å². The number of aromatic nitrogens is 1. The standard InChI is InChI=1S/C26H29N3O4/c1-30-24-12-17(13-25(31-2)26(24)32-3)21-15-28-16-22-19(21)6-11-33-23-14-18(4-5-20(22)23)29-9-7-27-8-10-29/h4-5,12-16,27H,6-11H2,1-3H3. The molecule has 172 valence electrons. The van der Waals surface area contributed by atoms with E-state index in [1.165, 1.54) is 11.3 Å². The van der Waals surface area contributed by atoms with Gasteiger partial charge in [-0.05, 0) is 35.4 Å². The zero-order valence-corrected chi connectivity index (χ0v) is 19.3. The van der Waals surface area contributed by atoms with Crippen molar-refractivity contribution >= 4 is 5.69 Å². The van der Waals surface area contributed by atoms with Gasteiger partial charge < -0.3 is 29.2 Å². The molecule has 2 aliphatic heterocycles. The van der Waals surface area contributed by atoms with Crippen LogP contribution in [0.3, 0.4) is 0 Å². The molecule has 0 bridgehead atoms. The van der Waals surface area contributed by atoms with E-state index in [1.54, 1.807) is 21.3 Å². The Morgan fingerprint density at radius 1 is 0.879 bits per heavy atom. The van der Waals surface area contributed by atoms with Crippen LogP contribution in [0.4, 0.5) is 5.69 Å². The van der Waals surface area contributed by atoms with Crippen LogP contribution in [-0.4, -0.2) is 59.1 Å². The fraction of sp³-hybridized carbons (Fsp3) is 0.346. The summed E-state index contributed by atoms with van der Waals surface area (Å²) < 4.78 is 22.9. The Morgan fingerprint density at radius 3 is 2.30 bits per heavy atom. The van der Waals surface area contributed by atoms with E-state index < -0.39 is 0 Å². The van der Waals surface area contributed by atoms with E-state index in [0.29, 0.717) is 23.9 Å². The second-order valence-corrected chi connectivity index (χ2v) is 8.14. The second-order valence-electron chi connectivity index (χ2n) is 8.14. The van der Waals surface area contributed by atoms with Gasteiger partial charge in [-0.15, -0.1) is 0 Å². The van der Waals surface area contributed by atoms with Gasteiger partial charge in [-0.2, -0.15) is 0 Å². The highest BCUT2D eigenvalue weighted by Gasteiger charge is 2.23. The summed E-state index contributed by atoms with van der Waals surface area (Å²) in [7, 11) is 4.87. The summed E-state index contributed by atoms with van der Waals surface area (Å²) in [5.74, 6) is 2.73. The summed E-state index contributed by atoms with van der Waals surface area (Å²) in [6.07, 6.45) is 4.62. The minimum atomic E-state index is 0.577. The predicted octanol–water partition coefficient (Wildman–Crippen LogP) is 3.79. The number of hydrogen-bond acceptors (Lipinski definition) is 7. The van der Waals surface area contributed by atoms with E-state index in [2.05, 4.69) is 33.4 Å². The lowest BCUT2D eigenvalue weighted by molar-refractivity contribution is 0.324. The molecule has 2 aromatic carbocycles. The molecule has 0 atom stereocenters. The van der Waals surface area contributed by atoms with Crippen molar-refractivity contribution in [1.29, 1.82) is 0 Å². The number of nitrogens with one attached hydrogen (secondary N) is 1. The van der Waals surface area contributed by atoms with Gasteiger partial charge in [-0.1, -0.05) is 0 Å². The zero-order chi connectivity index (χ0) is 22.8. The summed E-state index contributed by atoms with van der Waals surface area (Å²) in [5.41, 5.74) is 6.58. The van der Waals surface area contributed by atoms with E-state index in [-0.39, 0.29) is 0 Å². The number of fused-ring (bicyclic) bond motifs is 3. The molecule has 0 radical (unpaired) electrons. The third-order valence-electron chi connectivity index (χ3n) is 6.38. The lowest BCUT2D eigenvalue weighted by atomic mass is 9.92. The molecule has 1 N–H and O–H groups in total. The Bertz CT molecular complexity index is 1130. The number of hydrogen-bond donors (Lipinski definition) is 1. The van der Waals surface area contributed by atoms with Crippen molar-refractivity contribution in [3.63, 3.8) is 0 Å². The topological polar surface area (TPSA) is 65.1 Å². The number of rotatable bonds is 5. The van der Waals surface area contributed by atoms with Gasteiger partial charge in [-0.25, -0.2) is 0 Å². The average Bonchev–Trinajstić information content (AvgIpc) is 3.07. The summed E-state index contributed by atoms with van der Waals surface area (Å²) >= 11 is 0.